The molecule has 9 heteroatoms. The van der Waals surface area contributed by atoms with Gasteiger partial charge in [-0.25, -0.2) is 0 Å². The average Bonchev–Trinajstić information content (AvgIpc) is 3.44. The Morgan fingerprint density at radius 2 is 1.71 bits per heavy atom. The fraction of sp³-hybridized carbons (Fsp3) is 0.615. The van der Waals surface area contributed by atoms with Crippen LogP contribution in [0.1, 0.15) is 89.8 Å². The predicted octanol–water partition coefficient (Wildman–Crippen LogP) is 2.84. The first-order valence-corrected chi connectivity index (χ1v) is 12.8. The Hall–Kier alpha value is -2.94. The van der Waals surface area contributed by atoms with Gasteiger partial charge in [0.05, 0.1) is 12.3 Å². The molecule has 9 nitrogen and oxygen atoms in total. The maximum absolute atomic E-state index is 13.3. The Morgan fingerprint density at radius 1 is 1.03 bits per heavy atom. The number of amides is 2. The van der Waals surface area contributed by atoms with Gasteiger partial charge in [-0.3, -0.25) is 19.1 Å². The molecule has 190 valence electrons. The molecule has 2 amide bonds. The summed E-state index contributed by atoms with van der Waals surface area (Å²) in [4.78, 5) is 39.6. The lowest BCUT2D eigenvalue weighted by atomic mass is 9.96. The fourth-order valence-corrected chi connectivity index (χ4v) is 4.94. The lowest BCUT2D eigenvalue weighted by molar-refractivity contribution is 0.0914. The van der Waals surface area contributed by atoms with E-state index >= 15 is 0 Å². The molecule has 1 atom stereocenters. The van der Waals surface area contributed by atoms with E-state index in [1.165, 1.54) is 19.3 Å². The van der Waals surface area contributed by atoms with Gasteiger partial charge < -0.3 is 19.9 Å². The number of carbonyl (C=O) groups is 2. The summed E-state index contributed by atoms with van der Waals surface area (Å²) in [5, 5.41) is 10.1. The molecule has 2 aromatic heterocycles. The summed E-state index contributed by atoms with van der Waals surface area (Å²) in [5.41, 5.74) is 1.24. The van der Waals surface area contributed by atoms with Gasteiger partial charge in [-0.2, -0.15) is 5.10 Å². The van der Waals surface area contributed by atoms with E-state index in [-0.39, 0.29) is 29.8 Å². The second-order valence-electron chi connectivity index (χ2n) is 9.82. The first-order valence-electron chi connectivity index (χ1n) is 12.8. The van der Waals surface area contributed by atoms with Crippen LogP contribution in [0.15, 0.2) is 23.4 Å². The summed E-state index contributed by atoms with van der Waals surface area (Å²) in [5.74, 6) is -0.903. The van der Waals surface area contributed by atoms with Gasteiger partial charge in [0.1, 0.15) is 11.1 Å². The molecule has 3 heterocycles. The molecule has 2 aromatic rings. The third-order valence-corrected chi connectivity index (χ3v) is 7.22. The van der Waals surface area contributed by atoms with Crippen LogP contribution >= 0.6 is 0 Å². The molecule has 1 saturated carbocycles. The summed E-state index contributed by atoms with van der Waals surface area (Å²) in [6.07, 6.45) is 14.3. The molecular formula is C26H37N5O4. The highest BCUT2D eigenvalue weighted by Crippen LogP contribution is 2.18. The number of ether oxygens (including phenoxy) is 1. The van der Waals surface area contributed by atoms with Crippen molar-refractivity contribution in [2.45, 2.75) is 89.9 Å². The van der Waals surface area contributed by atoms with E-state index in [9.17, 15) is 14.4 Å². The number of nitrogens with one attached hydrogen (secondary N) is 2. The molecule has 1 saturated heterocycles. The van der Waals surface area contributed by atoms with Crippen molar-refractivity contribution in [2.75, 3.05) is 6.61 Å². The minimum Gasteiger partial charge on any atom is -0.376 e. The van der Waals surface area contributed by atoms with Crippen LogP contribution in [-0.4, -0.2) is 44.9 Å². The Balaban J connectivity index is 1.56. The first kappa shape index (κ1) is 25.2. The smallest absolute Gasteiger partial charge is 0.257 e. The van der Waals surface area contributed by atoms with Crippen LogP contribution in [0, 0.1) is 6.92 Å². The highest BCUT2D eigenvalue weighted by Gasteiger charge is 2.24. The van der Waals surface area contributed by atoms with Crippen molar-refractivity contribution in [1.82, 2.24) is 25.0 Å². The molecule has 0 radical (unpaired) electrons. The van der Waals surface area contributed by atoms with E-state index in [2.05, 4.69) is 15.7 Å². The molecule has 1 aliphatic heterocycles. The lowest BCUT2D eigenvalue weighted by Crippen LogP contribution is -2.40. The maximum Gasteiger partial charge on any atom is 0.257 e. The molecule has 0 bridgehead atoms. The van der Waals surface area contributed by atoms with E-state index in [1.807, 2.05) is 14.0 Å². The maximum atomic E-state index is 13.3. The van der Waals surface area contributed by atoms with Gasteiger partial charge in [0.15, 0.2) is 0 Å². The first-order chi connectivity index (χ1) is 16.9. The minimum absolute atomic E-state index is 0.00738. The second kappa shape index (κ2) is 11.7. The van der Waals surface area contributed by atoms with Gasteiger partial charge in [-0.15, -0.1) is 0 Å². The molecule has 1 aliphatic carbocycles. The average molecular weight is 484 g/mol. The summed E-state index contributed by atoms with van der Waals surface area (Å²) in [7, 11) is 1.84. The number of hydrogen-bond acceptors (Lipinski definition) is 5. The van der Waals surface area contributed by atoms with Crippen molar-refractivity contribution in [3.8, 4) is 0 Å². The van der Waals surface area contributed by atoms with Crippen molar-refractivity contribution >= 4 is 11.8 Å². The quantitative estimate of drug-likeness (QED) is 0.630. The molecular weight excluding hydrogens is 446 g/mol. The third-order valence-electron chi connectivity index (χ3n) is 7.22. The number of pyridine rings is 1. The number of hydrogen-bond donors (Lipinski definition) is 2. The molecule has 2 N–H and O–H groups in total. The molecule has 4 rings (SSSR count). The van der Waals surface area contributed by atoms with E-state index in [1.54, 1.807) is 27.8 Å². The van der Waals surface area contributed by atoms with Crippen LogP contribution in [0.25, 0.3) is 0 Å². The molecule has 0 spiro atoms. The largest absolute Gasteiger partial charge is 0.376 e. The van der Waals surface area contributed by atoms with Crippen LogP contribution in [-0.2, 0) is 24.9 Å². The van der Waals surface area contributed by atoms with Gasteiger partial charge in [0.25, 0.3) is 11.8 Å². The Labute approximate surface area is 206 Å². The standard InChI is InChI=1S/C26H37N5O4/c1-18-19(14-28-30(18)2)13-27-25(33)22-16-31(15-21-11-8-12-35-21)17-23(24(22)32)26(34)29-20-9-6-4-3-5-7-10-20/h14,16-17,20-21H,3-13,15H2,1-2H3,(H,27,33)(H,29,34)/t21-/m0/s1. The van der Waals surface area contributed by atoms with E-state index in [0.717, 1.165) is 49.8 Å². The predicted molar refractivity (Wildman–Crippen MR) is 132 cm³/mol. The molecule has 35 heavy (non-hydrogen) atoms. The number of aryl methyl sites for hydroxylation is 1. The molecule has 2 aliphatic rings. The lowest BCUT2D eigenvalue weighted by Gasteiger charge is -2.21. The van der Waals surface area contributed by atoms with E-state index < -0.39 is 17.2 Å². The summed E-state index contributed by atoms with van der Waals surface area (Å²) in [6, 6.07) is 0.0554. The van der Waals surface area contributed by atoms with E-state index in [4.69, 9.17) is 4.74 Å². The number of rotatable bonds is 7. The minimum atomic E-state index is -0.544. The highest BCUT2D eigenvalue weighted by molar-refractivity contribution is 5.99. The van der Waals surface area contributed by atoms with Crippen molar-refractivity contribution in [3.05, 3.63) is 51.2 Å². The Morgan fingerprint density at radius 3 is 2.34 bits per heavy atom. The third kappa shape index (κ3) is 6.39. The van der Waals surface area contributed by atoms with Crippen LogP contribution < -0.4 is 16.1 Å². The van der Waals surface area contributed by atoms with Gasteiger partial charge in [0, 0.05) is 56.4 Å². The van der Waals surface area contributed by atoms with E-state index in [0.29, 0.717) is 13.2 Å². The van der Waals surface area contributed by atoms with Crippen LogP contribution in [0.4, 0.5) is 0 Å². The zero-order valence-corrected chi connectivity index (χ0v) is 20.8. The number of aromatic nitrogens is 3. The zero-order chi connectivity index (χ0) is 24.8. The molecule has 0 unspecified atom stereocenters. The van der Waals surface area contributed by atoms with Crippen molar-refractivity contribution in [2.24, 2.45) is 7.05 Å². The van der Waals surface area contributed by atoms with Gasteiger partial charge in [0.2, 0.25) is 5.43 Å². The van der Waals surface area contributed by atoms with Crippen molar-refractivity contribution < 1.29 is 14.3 Å². The summed E-state index contributed by atoms with van der Waals surface area (Å²) >= 11 is 0. The Kier molecular flexibility index (Phi) is 8.38. The Bertz CT molecular complexity index is 1090. The number of nitrogens with zero attached hydrogens (tertiary/aromatic N) is 3. The van der Waals surface area contributed by atoms with Crippen molar-refractivity contribution in [3.63, 3.8) is 0 Å². The monoisotopic (exact) mass is 483 g/mol. The molecule has 2 fully saturated rings. The summed E-state index contributed by atoms with van der Waals surface area (Å²) in [6.45, 7) is 3.37. The number of carbonyl (C=O) groups excluding carboxylic acids is 2. The van der Waals surface area contributed by atoms with Gasteiger partial charge in [-0.05, 0) is 32.6 Å². The fourth-order valence-electron chi connectivity index (χ4n) is 4.94. The zero-order valence-electron chi connectivity index (χ0n) is 20.8. The van der Waals surface area contributed by atoms with Gasteiger partial charge in [-0.1, -0.05) is 32.1 Å². The normalized spacial score (nSPS) is 19.2. The second-order valence-corrected chi connectivity index (χ2v) is 9.82. The SMILES string of the molecule is Cc1c(CNC(=O)c2cn(C[C@@H]3CCCO3)cc(C(=O)NC3CCCCCCC3)c2=O)cnn1C. The van der Waals surface area contributed by atoms with Crippen LogP contribution in [0.2, 0.25) is 0 Å². The van der Waals surface area contributed by atoms with Crippen LogP contribution in [0.3, 0.4) is 0 Å². The topological polar surface area (TPSA) is 107 Å². The van der Waals surface area contributed by atoms with Gasteiger partial charge >= 0.3 is 0 Å². The summed E-state index contributed by atoms with van der Waals surface area (Å²) < 4.78 is 9.24. The van der Waals surface area contributed by atoms with Crippen molar-refractivity contribution in [1.29, 1.82) is 0 Å². The molecule has 0 aromatic carbocycles. The highest BCUT2D eigenvalue weighted by atomic mass is 16.5. The van der Waals surface area contributed by atoms with Crippen LogP contribution in [0.5, 0.6) is 0 Å².